The van der Waals surface area contributed by atoms with E-state index in [-0.39, 0.29) is 17.4 Å². The normalized spacial score (nSPS) is 23.0. The Morgan fingerprint density at radius 3 is 2.38 bits per heavy atom. The van der Waals surface area contributed by atoms with E-state index in [1.165, 1.54) is 5.56 Å². The van der Waals surface area contributed by atoms with Crippen molar-refractivity contribution >= 4 is 5.91 Å². The van der Waals surface area contributed by atoms with Gasteiger partial charge in [0.05, 0.1) is 7.11 Å². The van der Waals surface area contributed by atoms with Crippen molar-refractivity contribution in [3.63, 3.8) is 0 Å². The highest BCUT2D eigenvalue weighted by atomic mass is 16.5. The van der Waals surface area contributed by atoms with Crippen molar-refractivity contribution in [3.05, 3.63) is 29.8 Å². The highest BCUT2D eigenvalue weighted by Crippen LogP contribution is 2.30. The molecule has 0 aliphatic carbocycles. The molecule has 1 aliphatic heterocycles. The summed E-state index contributed by atoms with van der Waals surface area (Å²) in [4.78, 5) is 14.4. The number of amides is 1. The standard InChI is InChI=1S/C17H26N2O2/c1-17(2,3)16(20)19-10-13(9-14(18)11-19)12-5-7-15(21-4)8-6-12/h5-8,13-14H,9-11,18H2,1-4H3. The molecule has 0 aromatic heterocycles. The van der Waals surface area contributed by atoms with Gasteiger partial charge >= 0.3 is 0 Å². The summed E-state index contributed by atoms with van der Waals surface area (Å²) in [5, 5.41) is 0. The predicted octanol–water partition coefficient (Wildman–Crippen LogP) is 2.38. The number of benzene rings is 1. The number of hydrogen-bond acceptors (Lipinski definition) is 3. The summed E-state index contributed by atoms with van der Waals surface area (Å²) in [6.45, 7) is 7.27. The lowest BCUT2D eigenvalue weighted by Gasteiger charge is -2.39. The van der Waals surface area contributed by atoms with Crippen LogP contribution in [-0.2, 0) is 4.79 Å². The lowest BCUT2D eigenvalue weighted by Crippen LogP contribution is -2.51. The molecule has 2 unspecified atom stereocenters. The molecule has 0 bridgehead atoms. The molecule has 2 N–H and O–H groups in total. The van der Waals surface area contributed by atoms with E-state index in [1.807, 2.05) is 37.8 Å². The molecule has 4 heteroatoms. The quantitative estimate of drug-likeness (QED) is 0.910. The van der Waals surface area contributed by atoms with Crippen LogP contribution < -0.4 is 10.5 Å². The van der Waals surface area contributed by atoms with Gasteiger partial charge in [0.1, 0.15) is 5.75 Å². The molecule has 1 aromatic rings. The fourth-order valence-electron chi connectivity index (χ4n) is 2.90. The second kappa shape index (κ2) is 6.06. The first kappa shape index (κ1) is 15.8. The Balaban J connectivity index is 2.15. The SMILES string of the molecule is COc1ccc(C2CC(N)CN(C(=O)C(C)(C)C)C2)cc1. The summed E-state index contributed by atoms with van der Waals surface area (Å²) in [5.41, 5.74) is 7.03. The van der Waals surface area contributed by atoms with E-state index >= 15 is 0 Å². The number of nitrogens with two attached hydrogens (primary N) is 1. The average Bonchev–Trinajstić information content (AvgIpc) is 2.45. The van der Waals surface area contributed by atoms with Crippen molar-refractivity contribution in [1.29, 1.82) is 0 Å². The summed E-state index contributed by atoms with van der Waals surface area (Å²) in [5.74, 6) is 1.32. The monoisotopic (exact) mass is 290 g/mol. The molecule has 1 aromatic carbocycles. The zero-order valence-corrected chi connectivity index (χ0v) is 13.4. The number of ether oxygens (including phenoxy) is 1. The number of hydrogen-bond donors (Lipinski definition) is 1. The fourth-order valence-corrected chi connectivity index (χ4v) is 2.90. The molecule has 1 fully saturated rings. The summed E-state index contributed by atoms with van der Waals surface area (Å²) >= 11 is 0. The third-order valence-electron chi connectivity index (χ3n) is 4.00. The van der Waals surface area contributed by atoms with E-state index in [0.717, 1.165) is 18.7 Å². The van der Waals surface area contributed by atoms with Crippen LogP contribution >= 0.6 is 0 Å². The van der Waals surface area contributed by atoms with Gasteiger partial charge in [-0.2, -0.15) is 0 Å². The molecule has 21 heavy (non-hydrogen) atoms. The van der Waals surface area contributed by atoms with Gasteiger partial charge in [-0.25, -0.2) is 0 Å². The minimum atomic E-state index is -0.360. The molecular formula is C17H26N2O2. The van der Waals surface area contributed by atoms with Crippen LogP contribution in [0.1, 0.15) is 38.7 Å². The van der Waals surface area contributed by atoms with E-state index in [0.29, 0.717) is 12.5 Å². The third kappa shape index (κ3) is 3.76. The van der Waals surface area contributed by atoms with Crippen molar-refractivity contribution < 1.29 is 9.53 Å². The molecule has 116 valence electrons. The van der Waals surface area contributed by atoms with E-state index < -0.39 is 0 Å². The molecule has 1 heterocycles. The van der Waals surface area contributed by atoms with Gasteiger partial charge < -0.3 is 15.4 Å². The van der Waals surface area contributed by atoms with Crippen LogP contribution in [0.2, 0.25) is 0 Å². The van der Waals surface area contributed by atoms with Crippen LogP contribution in [0.25, 0.3) is 0 Å². The van der Waals surface area contributed by atoms with E-state index in [2.05, 4.69) is 12.1 Å². The second-order valence-electron chi connectivity index (χ2n) is 6.93. The minimum absolute atomic E-state index is 0.0390. The summed E-state index contributed by atoms with van der Waals surface area (Å²) in [7, 11) is 1.66. The number of rotatable bonds is 2. The average molecular weight is 290 g/mol. The Morgan fingerprint density at radius 1 is 1.24 bits per heavy atom. The molecule has 0 radical (unpaired) electrons. The lowest BCUT2D eigenvalue weighted by atomic mass is 9.86. The smallest absolute Gasteiger partial charge is 0.228 e. The van der Waals surface area contributed by atoms with E-state index in [1.54, 1.807) is 7.11 Å². The zero-order valence-electron chi connectivity index (χ0n) is 13.4. The number of piperidine rings is 1. The molecule has 4 nitrogen and oxygen atoms in total. The summed E-state index contributed by atoms with van der Waals surface area (Å²) in [6.07, 6.45) is 0.917. The first-order valence-electron chi connectivity index (χ1n) is 7.50. The Morgan fingerprint density at radius 2 is 1.86 bits per heavy atom. The van der Waals surface area contributed by atoms with Crippen molar-refractivity contribution in [2.45, 2.75) is 39.2 Å². The van der Waals surface area contributed by atoms with Gasteiger partial charge in [-0.1, -0.05) is 32.9 Å². The van der Waals surface area contributed by atoms with Gasteiger partial charge in [0, 0.05) is 30.5 Å². The lowest BCUT2D eigenvalue weighted by molar-refractivity contribution is -0.141. The highest BCUT2D eigenvalue weighted by molar-refractivity contribution is 5.81. The van der Waals surface area contributed by atoms with Crippen LogP contribution in [0.3, 0.4) is 0 Å². The maximum Gasteiger partial charge on any atom is 0.228 e. The maximum absolute atomic E-state index is 12.5. The largest absolute Gasteiger partial charge is 0.497 e. The van der Waals surface area contributed by atoms with Gasteiger partial charge in [0.2, 0.25) is 5.91 Å². The summed E-state index contributed by atoms with van der Waals surface area (Å²) < 4.78 is 5.19. The zero-order chi connectivity index (χ0) is 15.6. The fraction of sp³-hybridized carbons (Fsp3) is 0.588. The van der Waals surface area contributed by atoms with Gasteiger partial charge in [-0.3, -0.25) is 4.79 Å². The highest BCUT2D eigenvalue weighted by Gasteiger charge is 2.34. The topological polar surface area (TPSA) is 55.6 Å². The number of carbonyl (C=O) groups excluding carboxylic acids is 1. The van der Waals surface area contributed by atoms with Gasteiger partial charge in [-0.05, 0) is 24.1 Å². The number of nitrogens with zero attached hydrogens (tertiary/aromatic N) is 1. The Labute approximate surface area is 127 Å². The number of carbonyl (C=O) groups is 1. The Bertz CT molecular complexity index is 491. The van der Waals surface area contributed by atoms with Crippen LogP contribution in [0.5, 0.6) is 5.75 Å². The summed E-state index contributed by atoms with van der Waals surface area (Å²) in [6, 6.07) is 8.11. The van der Waals surface area contributed by atoms with Gasteiger partial charge in [0.25, 0.3) is 0 Å². The van der Waals surface area contributed by atoms with Crippen molar-refractivity contribution in [3.8, 4) is 5.75 Å². The van der Waals surface area contributed by atoms with Crippen LogP contribution in [0.4, 0.5) is 0 Å². The van der Waals surface area contributed by atoms with Gasteiger partial charge in [0.15, 0.2) is 0 Å². The maximum atomic E-state index is 12.5. The first-order valence-corrected chi connectivity index (χ1v) is 7.50. The molecule has 2 atom stereocenters. The molecule has 1 aliphatic rings. The van der Waals surface area contributed by atoms with Crippen molar-refractivity contribution in [1.82, 2.24) is 4.90 Å². The number of likely N-dealkylation sites (tertiary alicyclic amines) is 1. The van der Waals surface area contributed by atoms with E-state index in [4.69, 9.17) is 10.5 Å². The number of methoxy groups -OCH3 is 1. The van der Waals surface area contributed by atoms with Crippen LogP contribution in [0.15, 0.2) is 24.3 Å². The van der Waals surface area contributed by atoms with Gasteiger partial charge in [-0.15, -0.1) is 0 Å². The molecule has 1 amide bonds. The Kier molecular flexibility index (Phi) is 4.57. The second-order valence-corrected chi connectivity index (χ2v) is 6.93. The van der Waals surface area contributed by atoms with Crippen LogP contribution in [-0.4, -0.2) is 37.0 Å². The molecule has 0 saturated carbocycles. The van der Waals surface area contributed by atoms with Crippen LogP contribution in [0, 0.1) is 5.41 Å². The van der Waals surface area contributed by atoms with Crippen molar-refractivity contribution in [2.24, 2.45) is 11.1 Å². The Hall–Kier alpha value is -1.55. The first-order chi connectivity index (χ1) is 9.81. The molecular weight excluding hydrogens is 264 g/mol. The molecule has 2 rings (SSSR count). The third-order valence-corrected chi connectivity index (χ3v) is 4.00. The predicted molar refractivity (Wildman–Crippen MR) is 84.4 cm³/mol. The van der Waals surface area contributed by atoms with E-state index in [9.17, 15) is 4.79 Å². The molecule has 1 saturated heterocycles. The molecule has 0 spiro atoms. The van der Waals surface area contributed by atoms with Crippen molar-refractivity contribution in [2.75, 3.05) is 20.2 Å². The minimum Gasteiger partial charge on any atom is -0.497 e.